The Labute approximate surface area is 153 Å². The largest absolute Gasteiger partial charge is 0.393 e. The molecule has 2 heteroatoms. The molecule has 3 saturated carbocycles. The van der Waals surface area contributed by atoms with Gasteiger partial charge in [-0.15, -0.1) is 0 Å². The zero-order valence-corrected chi connectivity index (χ0v) is 16.1. The van der Waals surface area contributed by atoms with E-state index in [2.05, 4.69) is 39.5 Å². The van der Waals surface area contributed by atoms with Crippen LogP contribution in [0.1, 0.15) is 65.7 Å². The molecule has 0 aromatic rings. The lowest BCUT2D eigenvalue weighted by Gasteiger charge is -2.43. The maximum Gasteiger partial charge on any atom is 0.123 e. The molecule has 1 unspecified atom stereocenters. The number of carbonyl (C=O) groups excluding carboxylic acids is 1. The van der Waals surface area contributed by atoms with Gasteiger partial charge in [0.15, 0.2) is 0 Å². The Kier molecular flexibility index (Phi) is 5.39. The summed E-state index contributed by atoms with van der Waals surface area (Å²) in [5, 5.41) is 10.1. The lowest BCUT2D eigenvalue weighted by atomic mass is 9.61. The van der Waals surface area contributed by atoms with E-state index in [0.717, 1.165) is 19.1 Å². The smallest absolute Gasteiger partial charge is 0.123 e. The van der Waals surface area contributed by atoms with Gasteiger partial charge in [0.25, 0.3) is 0 Å². The summed E-state index contributed by atoms with van der Waals surface area (Å²) in [6.07, 6.45) is 13.1. The zero-order chi connectivity index (χ0) is 18.2. The quantitative estimate of drug-likeness (QED) is 0.712. The van der Waals surface area contributed by atoms with Gasteiger partial charge in [0.05, 0.1) is 6.10 Å². The number of aldehydes is 1. The van der Waals surface area contributed by atoms with E-state index in [1.165, 1.54) is 43.3 Å². The Bertz CT molecular complexity index is 599. The molecule has 0 spiro atoms. The molecule has 3 aliphatic carbocycles. The van der Waals surface area contributed by atoms with E-state index in [1.807, 2.05) is 0 Å². The van der Waals surface area contributed by atoms with Crippen LogP contribution in [0.4, 0.5) is 0 Å². The molecule has 25 heavy (non-hydrogen) atoms. The van der Waals surface area contributed by atoms with Gasteiger partial charge in [0, 0.05) is 5.92 Å². The first kappa shape index (κ1) is 18.6. The first-order valence-electron chi connectivity index (χ1n) is 10.1. The van der Waals surface area contributed by atoms with E-state index in [0.29, 0.717) is 17.8 Å². The van der Waals surface area contributed by atoms with Crippen molar-refractivity contribution in [1.82, 2.24) is 0 Å². The minimum absolute atomic E-state index is 0.168. The van der Waals surface area contributed by atoms with Crippen LogP contribution in [0, 0.1) is 29.1 Å². The average Bonchev–Trinajstić information content (AvgIpc) is 2.93. The SMILES string of the molecule is C=C1/C(=C\C=C2/CCC[C@]3(C)C([C@H](C)C=O)CC[C@@H]23)C[C@@H](O)C[C@@H]1C. The number of carbonyl (C=O) groups is 1. The minimum Gasteiger partial charge on any atom is -0.393 e. The molecule has 0 amide bonds. The maximum absolute atomic E-state index is 11.4. The van der Waals surface area contributed by atoms with Gasteiger partial charge in [-0.05, 0) is 79.3 Å². The second kappa shape index (κ2) is 7.23. The predicted molar refractivity (Wildman–Crippen MR) is 103 cm³/mol. The number of fused-ring (bicyclic) bond motifs is 1. The van der Waals surface area contributed by atoms with Crippen LogP contribution in [0.25, 0.3) is 0 Å². The van der Waals surface area contributed by atoms with Crippen molar-refractivity contribution in [3.8, 4) is 0 Å². The summed E-state index contributed by atoms with van der Waals surface area (Å²) in [6.45, 7) is 10.9. The van der Waals surface area contributed by atoms with Crippen LogP contribution in [-0.4, -0.2) is 17.5 Å². The van der Waals surface area contributed by atoms with Crippen molar-refractivity contribution in [2.24, 2.45) is 29.1 Å². The van der Waals surface area contributed by atoms with E-state index in [-0.39, 0.29) is 17.4 Å². The highest BCUT2D eigenvalue weighted by atomic mass is 16.3. The van der Waals surface area contributed by atoms with Gasteiger partial charge >= 0.3 is 0 Å². The Hall–Kier alpha value is -1.15. The van der Waals surface area contributed by atoms with Crippen LogP contribution in [0.15, 0.2) is 35.5 Å². The third kappa shape index (κ3) is 3.43. The summed E-state index contributed by atoms with van der Waals surface area (Å²) in [4.78, 5) is 11.4. The van der Waals surface area contributed by atoms with Crippen molar-refractivity contribution in [2.45, 2.75) is 71.8 Å². The lowest BCUT2D eigenvalue weighted by Crippen LogP contribution is -2.36. The van der Waals surface area contributed by atoms with Crippen molar-refractivity contribution in [1.29, 1.82) is 0 Å². The predicted octanol–water partition coefficient (Wildman–Crippen LogP) is 5.24. The van der Waals surface area contributed by atoms with Crippen LogP contribution >= 0.6 is 0 Å². The highest BCUT2D eigenvalue weighted by Crippen LogP contribution is 2.59. The van der Waals surface area contributed by atoms with Crippen LogP contribution in [0.2, 0.25) is 0 Å². The van der Waals surface area contributed by atoms with Gasteiger partial charge < -0.3 is 9.90 Å². The van der Waals surface area contributed by atoms with E-state index >= 15 is 0 Å². The highest BCUT2D eigenvalue weighted by Gasteiger charge is 2.50. The molecule has 6 atom stereocenters. The number of hydrogen-bond donors (Lipinski definition) is 1. The van der Waals surface area contributed by atoms with Crippen molar-refractivity contribution in [3.05, 3.63) is 35.5 Å². The molecule has 3 fully saturated rings. The molecule has 0 aromatic carbocycles. The molecule has 0 aliphatic heterocycles. The van der Waals surface area contributed by atoms with Crippen molar-refractivity contribution in [2.75, 3.05) is 0 Å². The number of aliphatic hydroxyl groups excluding tert-OH is 1. The lowest BCUT2D eigenvalue weighted by molar-refractivity contribution is -0.113. The Morgan fingerprint density at radius 2 is 2.08 bits per heavy atom. The summed E-state index contributed by atoms with van der Waals surface area (Å²) in [7, 11) is 0. The summed E-state index contributed by atoms with van der Waals surface area (Å²) < 4.78 is 0. The summed E-state index contributed by atoms with van der Waals surface area (Å²) in [5.41, 5.74) is 4.25. The topological polar surface area (TPSA) is 37.3 Å². The molecule has 0 saturated heterocycles. The third-order valence-corrected chi connectivity index (χ3v) is 7.47. The number of hydrogen-bond acceptors (Lipinski definition) is 2. The normalized spacial score (nSPS) is 43.3. The van der Waals surface area contributed by atoms with Crippen molar-refractivity contribution < 1.29 is 9.90 Å². The van der Waals surface area contributed by atoms with Gasteiger partial charge in [-0.3, -0.25) is 0 Å². The fraction of sp³-hybridized carbons (Fsp3) is 0.696. The van der Waals surface area contributed by atoms with Crippen LogP contribution in [0.5, 0.6) is 0 Å². The average molecular weight is 343 g/mol. The first-order valence-corrected chi connectivity index (χ1v) is 10.1. The Morgan fingerprint density at radius 3 is 2.80 bits per heavy atom. The fourth-order valence-corrected chi connectivity index (χ4v) is 5.96. The van der Waals surface area contributed by atoms with E-state index < -0.39 is 0 Å². The van der Waals surface area contributed by atoms with Crippen molar-refractivity contribution >= 4 is 6.29 Å². The Morgan fingerprint density at radius 1 is 1.32 bits per heavy atom. The molecule has 0 bridgehead atoms. The van der Waals surface area contributed by atoms with Crippen LogP contribution in [0.3, 0.4) is 0 Å². The minimum atomic E-state index is -0.230. The van der Waals surface area contributed by atoms with E-state index in [9.17, 15) is 9.90 Å². The van der Waals surface area contributed by atoms with Gasteiger partial charge in [-0.2, -0.15) is 0 Å². The van der Waals surface area contributed by atoms with E-state index in [4.69, 9.17) is 0 Å². The molecular weight excluding hydrogens is 308 g/mol. The van der Waals surface area contributed by atoms with E-state index in [1.54, 1.807) is 5.57 Å². The third-order valence-electron chi connectivity index (χ3n) is 7.47. The number of aliphatic hydroxyl groups is 1. The molecule has 0 radical (unpaired) electrons. The number of allylic oxidation sites excluding steroid dienone is 4. The van der Waals surface area contributed by atoms with Gasteiger partial charge in [-0.1, -0.05) is 45.1 Å². The zero-order valence-electron chi connectivity index (χ0n) is 16.1. The van der Waals surface area contributed by atoms with Gasteiger partial charge in [0.1, 0.15) is 6.29 Å². The summed E-state index contributed by atoms with van der Waals surface area (Å²) >= 11 is 0. The standard InChI is InChI=1S/C23H34O2/c1-15-12-20(25)13-19(17(15)3)8-7-18-6-5-11-23(4)21(16(2)14-24)9-10-22(18)23/h7-8,14-16,20-22,25H,3,5-6,9-13H2,1-2,4H3/b18-7+,19-8-/t15-,16+,20-,21?,22-,23+/m0/s1. The fourth-order valence-electron chi connectivity index (χ4n) is 5.96. The molecule has 1 N–H and O–H groups in total. The second-order valence-electron chi connectivity index (χ2n) is 9.04. The van der Waals surface area contributed by atoms with Crippen LogP contribution < -0.4 is 0 Å². The van der Waals surface area contributed by atoms with Crippen LogP contribution in [-0.2, 0) is 4.79 Å². The molecule has 0 heterocycles. The molecule has 2 nitrogen and oxygen atoms in total. The molecular formula is C23H34O2. The van der Waals surface area contributed by atoms with Gasteiger partial charge in [-0.25, -0.2) is 0 Å². The molecule has 0 aromatic heterocycles. The monoisotopic (exact) mass is 342 g/mol. The summed E-state index contributed by atoms with van der Waals surface area (Å²) in [5.74, 6) is 1.68. The highest BCUT2D eigenvalue weighted by molar-refractivity contribution is 5.54. The van der Waals surface area contributed by atoms with Crippen molar-refractivity contribution in [3.63, 3.8) is 0 Å². The Balaban J connectivity index is 1.83. The second-order valence-corrected chi connectivity index (χ2v) is 9.04. The summed E-state index contributed by atoms with van der Waals surface area (Å²) in [6, 6.07) is 0. The molecule has 3 rings (SSSR count). The molecule has 138 valence electrons. The maximum atomic E-state index is 11.4. The van der Waals surface area contributed by atoms with Gasteiger partial charge in [0.2, 0.25) is 0 Å². The first-order chi connectivity index (χ1) is 11.9. The molecule has 3 aliphatic rings. The number of rotatable bonds is 3.